The predicted octanol–water partition coefficient (Wildman–Crippen LogP) is 4.03. The summed E-state index contributed by atoms with van der Waals surface area (Å²) < 4.78 is 0.847. The van der Waals surface area contributed by atoms with Crippen LogP contribution in [-0.2, 0) is 9.59 Å². The molecule has 4 rings (SSSR count). The maximum Gasteiger partial charge on any atom is 0.325 e. The lowest BCUT2D eigenvalue weighted by atomic mass is 9.64. The van der Waals surface area contributed by atoms with Crippen LogP contribution < -0.4 is 10.6 Å². The normalized spacial score (nSPS) is 26.2. The van der Waals surface area contributed by atoms with Crippen LogP contribution in [0.5, 0.6) is 0 Å². The molecule has 2 unspecified atom stereocenters. The molecule has 1 aromatic carbocycles. The predicted molar refractivity (Wildman–Crippen MR) is 113 cm³/mol. The standard InChI is InChI=1S/C20H23ClN4O3S/c1-11-7-19(2,3)10-20(8-11)16(27)25(18(28)24-20)9-15(26)23-17-22-13-5-4-12(21)6-14(13)29-17/h4-6,11H,7-10H2,1-3H3,(H,24,28)(H,22,23,26). The average molecular weight is 435 g/mol. The number of urea groups is 1. The van der Waals surface area contributed by atoms with Gasteiger partial charge in [0.1, 0.15) is 12.1 Å². The van der Waals surface area contributed by atoms with Crippen LogP contribution in [0.15, 0.2) is 18.2 Å². The molecule has 1 aliphatic carbocycles. The van der Waals surface area contributed by atoms with E-state index in [-0.39, 0.29) is 17.9 Å². The van der Waals surface area contributed by atoms with Crippen LogP contribution in [0.25, 0.3) is 10.2 Å². The van der Waals surface area contributed by atoms with Crippen LogP contribution in [-0.4, -0.2) is 39.8 Å². The molecule has 2 fully saturated rings. The lowest BCUT2D eigenvalue weighted by molar-refractivity contribution is -0.136. The van der Waals surface area contributed by atoms with Crippen LogP contribution in [0.3, 0.4) is 0 Å². The number of thiazole rings is 1. The van der Waals surface area contributed by atoms with Crippen LogP contribution in [0.2, 0.25) is 5.02 Å². The highest BCUT2D eigenvalue weighted by Gasteiger charge is 2.56. The van der Waals surface area contributed by atoms with Crippen molar-refractivity contribution in [3.8, 4) is 0 Å². The number of nitrogens with one attached hydrogen (secondary N) is 2. The van der Waals surface area contributed by atoms with E-state index in [1.54, 1.807) is 18.2 Å². The highest BCUT2D eigenvalue weighted by Crippen LogP contribution is 2.46. The summed E-state index contributed by atoms with van der Waals surface area (Å²) in [5.74, 6) is -0.460. The molecule has 2 aromatic rings. The number of hydrogen-bond donors (Lipinski definition) is 2. The van der Waals surface area contributed by atoms with E-state index >= 15 is 0 Å². The van der Waals surface area contributed by atoms with E-state index < -0.39 is 17.5 Å². The summed E-state index contributed by atoms with van der Waals surface area (Å²) >= 11 is 7.27. The van der Waals surface area contributed by atoms with Crippen LogP contribution in [0, 0.1) is 11.3 Å². The number of amides is 4. The van der Waals surface area contributed by atoms with Crippen LogP contribution in [0.1, 0.15) is 40.0 Å². The fourth-order valence-corrected chi connectivity index (χ4v) is 6.06. The van der Waals surface area contributed by atoms with Gasteiger partial charge in [-0.2, -0.15) is 0 Å². The summed E-state index contributed by atoms with van der Waals surface area (Å²) in [4.78, 5) is 43.5. The number of rotatable bonds is 3. The monoisotopic (exact) mass is 434 g/mol. The second-order valence-electron chi connectivity index (χ2n) is 8.94. The lowest BCUT2D eigenvalue weighted by Gasteiger charge is -2.43. The largest absolute Gasteiger partial charge is 0.325 e. The number of hydrogen-bond acceptors (Lipinski definition) is 5. The summed E-state index contributed by atoms with van der Waals surface area (Å²) in [6, 6.07) is 4.77. The SMILES string of the molecule is CC1CC(C)(C)CC2(C1)NC(=O)N(CC(=O)Nc1nc3ccc(Cl)cc3s1)C2=O. The number of aromatic nitrogens is 1. The Bertz CT molecular complexity index is 1020. The van der Waals surface area contributed by atoms with Crippen molar-refractivity contribution >= 4 is 56.1 Å². The Balaban J connectivity index is 1.47. The van der Waals surface area contributed by atoms with Gasteiger partial charge in [-0.05, 0) is 48.8 Å². The Morgan fingerprint density at radius 1 is 1.38 bits per heavy atom. The molecule has 0 radical (unpaired) electrons. The van der Waals surface area contributed by atoms with Gasteiger partial charge < -0.3 is 10.6 Å². The first-order valence-corrected chi connectivity index (χ1v) is 10.8. The number of anilines is 1. The minimum atomic E-state index is -0.912. The second kappa shape index (κ2) is 6.95. The van der Waals surface area contributed by atoms with E-state index in [2.05, 4.69) is 36.4 Å². The molecule has 9 heteroatoms. The van der Waals surface area contributed by atoms with Gasteiger partial charge in [-0.25, -0.2) is 9.78 Å². The number of halogens is 1. The van der Waals surface area contributed by atoms with Crippen LogP contribution >= 0.6 is 22.9 Å². The fourth-order valence-electron chi connectivity index (χ4n) is 4.90. The molecule has 2 aliphatic rings. The van der Waals surface area contributed by atoms with Gasteiger partial charge in [-0.15, -0.1) is 0 Å². The van der Waals surface area contributed by atoms with Crippen molar-refractivity contribution in [1.82, 2.24) is 15.2 Å². The minimum absolute atomic E-state index is 0.0544. The summed E-state index contributed by atoms with van der Waals surface area (Å²) in [5, 5.41) is 6.56. The number of carbonyl (C=O) groups is 3. The van der Waals surface area contributed by atoms with Crippen molar-refractivity contribution in [2.45, 2.75) is 45.6 Å². The van der Waals surface area contributed by atoms with Crippen molar-refractivity contribution in [2.75, 3.05) is 11.9 Å². The van der Waals surface area contributed by atoms with Gasteiger partial charge in [0.25, 0.3) is 5.91 Å². The molecular formula is C20H23ClN4O3S. The van der Waals surface area contributed by atoms with Crippen molar-refractivity contribution in [1.29, 1.82) is 0 Å². The lowest BCUT2D eigenvalue weighted by Crippen LogP contribution is -2.54. The molecule has 1 aliphatic heterocycles. The van der Waals surface area contributed by atoms with Gasteiger partial charge in [-0.1, -0.05) is 43.7 Å². The first-order valence-electron chi connectivity index (χ1n) is 9.57. The number of carbonyl (C=O) groups excluding carboxylic acids is 3. The summed E-state index contributed by atoms with van der Waals surface area (Å²) in [6.45, 7) is 5.98. The molecule has 1 saturated heterocycles. The smallest absolute Gasteiger partial charge is 0.323 e. The molecule has 2 atom stereocenters. The summed E-state index contributed by atoms with van der Waals surface area (Å²) in [5.41, 5.74) is -0.242. The molecule has 0 bridgehead atoms. The first-order chi connectivity index (χ1) is 13.6. The Morgan fingerprint density at radius 2 is 2.14 bits per heavy atom. The van der Waals surface area contributed by atoms with E-state index in [0.29, 0.717) is 28.9 Å². The number of nitrogens with zero attached hydrogens (tertiary/aromatic N) is 2. The third-order valence-electron chi connectivity index (χ3n) is 5.52. The van der Waals surface area contributed by atoms with Crippen molar-refractivity contribution < 1.29 is 14.4 Å². The van der Waals surface area contributed by atoms with Crippen LogP contribution in [0.4, 0.5) is 9.93 Å². The number of benzene rings is 1. The molecule has 2 N–H and O–H groups in total. The molecule has 29 heavy (non-hydrogen) atoms. The topological polar surface area (TPSA) is 91.4 Å². The van der Waals surface area contributed by atoms with Gasteiger partial charge in [-0.3, -0.25) is 14.5 Å². The van der Waals surface area contributed by atoms with E-state index in [1.165, 1.54) is 11.3 Å². The Kier molecular flexibility index (Phi) is 4.82. The molecule has 1 saturated carbocycles. The molecule has 2 heterocycles. The second-order valence-corrected chi connectivity index (χ2v) is 10.4. The average Bonchev–Trinajstić information content (AvgIpc) is 3.06. The van der Waals surface area contributed by atoms with Gasteiger partial charge in [0.2, 0.25) is 5.91 Å². The number of fused-ring (bicyclic) bond motifs is 1. The Labute approximate surface area is 177 Å². The molecule has 4 amide bonds. The van der Waals surface area contributed by atoms with Gasteiger partial charge in [0.15, 0.2) is 5.13 Å². The highest BCUT2D eigenvalue weighted by molar-refractivity contribution is 7.22. The molecule has 1 aromatic heterocycles. The zero-order chi connectivity index (χ0) is 21.0. The maximum atomic E-state index is 13.1. The summed E-state index contributed by atoms with van der Waals surface area (Å²) in [7, 11) is 0. The molecule has 7 nitrogen and oxygen atoms in total. The van der Waals surface area contributed by atoms with E-state index in [4.69, 9.17) is 11.6 Å². The summed E-state index contributed by atoms with van der Waals surface area (Å²) in [6.07, 6.45) is 2.17. The van der Waals surface area contributed by atoms with E-state index in [0.717, 1.165) is 21.5 Å². The molecule has 1 spiro atoms. The van der Waals surface area contributed by atoms with Gasteiger partial charge >= 0.3 is 6.03 Å². The third kappa shape index (κ3) is 3.83. The van der Waals surface area contributed by atoms with Gasteiger partial charge in [0, 0.05) is 5.02 Å². The minimum Gasteiger partial charge on any atom is -0.323 e. The zero-order valence-corrected chi connectivity index (χ0v) is 18.1. The third-order valence-corrected chi connectivity index (χ3v) is 6.69. The van der Waals surface area contributed by atoms with Crippen molar-refractivity contribution in [3.63, 3.8) is 0 Å². The van der Waals surface area contributed by atoms with E-state index in [9.17, 15) is 14.4 Å². The number of imide groups is 1. The quantitative estimate of drug-likeness (QED) is 0.713. The highest BCUT2D eigenvalue weighted by atomic mass is 35.5. The van der Waals surface area contributed by atoms with E-state index in [1.807, 2.05) is 0 Å². The Hall–Kier alpha value is -2.19. The first kappa shape index (κ1) is 20.1. The Morgan fingerprint density at radius 3 is 2.86 bits per heavy atom. The van der Waals surface area contributed by atoms with Gasteiger partial charge in [0.05, 0.1) is 10.2 Å². The molecule has 154 valence electrons. The van der Waals surface area contributed by atoms with Crippen molar-refractivity contribution in [3.05, 3.63) is 23.2 Å². The maximum absolute atomic E-state index is 13.1. The molecular weight excluding hydrogens is 412 g/mol. The zero-order valence-electron chi connectivity index (χ0n) is 16.5. The van der Waals surface area contributed by atoms with Crippen molar-refractivity contribution in [2.24, 2.45) is 11.3 Å². The fraction of sp³-hybridized carbons (Fsp3) is 0.500.